The van der Waals surface area contributed by atoms with Gasteiger partial charge < -0.3 is 5.73 Å². The quantitative estimate of drug-likeness (QED) is 0.321. The molecule has 0 bridgehead atoms. The van der Waals surface area contributed by atoms with Crippen molar-refractivity contribution in [1.29, 1.82) is 0 Å². The topological polar surface area (TPSA) is 38.4 Å². The first-order chi connectivity index (χ1) is 9.29. The Bertz CT molecular complexity index is 724. The molecule has 0 fully saturated rings. The molecular formula is C16H13ClN2. The molecule has 0 spiro atoms. The number of benzene rings is 3. The van der Waals surface area contributed by atoms with E-state index in [1.165, 1.54) is 0 Å². The van der Waals surface area contributed by atoms with Crippen molar-refractivity contribution in [2.24, 2.45) is 10.7 Å². The summed E-state index contributed by atoms with van der Waals surface area (Å²) in [6, 6.07) is 18.5. The number of hydrogen-bond donors (Lipinski definition) is 1. The van der Waals surface area contributed by atoms with Gasteiger partial charge in [-0.1, -0.05) is 48.5 Å². The maximum absolute atomic E-state index is 5.81. The van der Waals surface area contributed by atoms with E-state index in [1.807, 2.05) is 24.3 Å². The van der Waals surface area contributed by atoms with E-state index in [2.05, 4.69) is 35.3 Å². The van der Waals surface area contributed by atoms with Crippen molar-refractivity contribution in [2.75, 3.05) is 5.88 Å². The summed E-state index contributed by atoms with van der Waals surface area (Å²) in [6.45, 7) is 0. The van der Waals surface area contributed by atoms with E-state index >= 15 is 0 Å². The Morgan fingerprint density at radius 1 is 0.947 bits per heavy atom. The van der Waals surface area contributed by atoms with E-state index in [0.29, 0.717) is 5.84 Å². The Hall–Kier alpha value is -2.06. The van der Waals surface area contributed by atoms with Gasteiger partial charge >= 0.3 is 0 Å². The molecule has 3 heteroatoms. The number of halogens is 1. The summed E-state index contributed by atoms with van der Waals surface area (Å²) in [4.78, 5) is 4.50. The lowest BCUT2D eigenvalue weighted by Gasteiger charge is -2.08. The molecule has 0 aliphatic heterocycles. The molecule has 19 heavy (non-hydrogen) atoms. The number of alkyl halides is 1. The zero-order valence-corrected chi connectivity index (χ0v) is 11.1. The van der Waals surface area contributed by atoms with Gasteiger partial charge in [-0.2, -0.15) is 0 Å². The van der Waals surface area contributed by atoms with Crippen molar-refractivity contribution in [2.45, 2.75) is 0 Å². The zero-order valence-electron chi connectivity index (χ0n) is 10.3. The van der Waals surface area contributed by atoms with Crippen LogP contribution in [0.5, 0.6) is 0 Å². The fourth-order valence-electron chi connectivity index (χ4n) is 2.28. The van der Waals surface area contributed by atoms with Gasteiger partial charge in [0.1, 0.15) is 5.84 Å². The molecule has 0 saturated carbocycles. The molecule has 2 N–H and O–H groups in total. The maximum atomic E-state index is 5.81. The van der Waals surface area contributed by atoms with Crippen molar-refractivity contribution in [3.63, 3.8) is 0 Å². The molecular weight excluding hydrogens is 256 g/mol. The molecule has 0 saturated heterocycles. The van der Waals surface area contributed by atoms with Gasteiger partial charge in [0.25, 0.3) is 0 Å². The minimum absolute atomic E-state index is 0.234. The summed E-state index contributed by atoms with van der Waals surface area (Å²) in [5, 5.41) is 4.49. The molecule has 0 atom stereocenters. The summed E-state index contributed by atoms with van der Waals surface area (Å²) >= 11 is 5.75. The van der Waals surface area contributed by atoms with Crippen molar-refractivity contribution in [3.05, 3.63) is 54.6 Å². The predicted molar refractivity (Wildman–Crippen MR) is 83.5 cm³/mol. The number of nitrogens with two attached hydrogens (primary N) is 1. The smallest absolute Gasteiger partial charge is 0.115 e. The third kappa shape index (κ3) is 2.15. The van der Waals surface area contributed by atoms with Crippen LogP contribution >= 0.6 is 11.6 Å². The normalized spacial score (nSPS) is 12.2. The predicted octanol–water partition coefficient (Wildman–Crippen LogP) is 4.22. The van der Waals surface area contributed by atoms with E-state index in [4.69, 9.17) is 17.3 Å². The van der Waals surface area contributed by atoms with Crippen LogP contribution < -0.4 is 5.73 Å². The van der Waals surface area contributed by atoms with E-state index in [1.54, 1.807) is 0 Å². The average Bonchev–Trinajstić information content (AvgIpc) is 2.46. The summed E-state index contributed by atoms with van der Waals surface area (Å²) in [6.07, 6.45) is 0. The molecule has 3 aromatic carbocycles. The van der Waals surface area contributed by atoms with Crippen LogP contribution in [0.3, 0.4) is 0 Å². The average molecular weight is 269 g/mol. The lowest BCUT2D eigenvalue weighted by atomic mass is 10.0. The third-order valence-electron chi connectivity index (χ3n) is 3.14. The molecule has 0 unspecified atom stereocenters. The molecule has 3 aromatic rings. The highest BCUT2D eigenvalue weighted by Crippen LogP contribution is 2.34. The Morgan fingerprint density at radius 3 is 2.00 bits per heavy atom. The molecule has 2 nitrogen and oxygen atoms in total. The molecule has 94 valence electrons. The van der Waals surface area contributed by atoms with Crippen molar-refractivity contribution in [3.8, 4) is 0 Å². The lowest BCUT2D eigenvalue weighted by molar-refractivity contribution is 1.49. The highest BCUT2D eigenvalue weighted by atomic mass is 35.5. The molecule has 0 amide bonds. The Morgan fingerprint density at radius 2 is 1.47 bits per heavy atom. The van der Waals surface area contributed by atoms with Crippen LogP contribution in [0, 0.1) is 0 Å². The number of nitrogens with zero attached hydrogens (tertiary/aromatic N) is 1. The second kappa shape index (κ2) is 4.90. The number of amidine groups is 1. The molecule has 3 rings (SSSR count). The first kappa shape index (κ1) is 12.0. The van der Waals surface area contributed by atoms with Crippen LogP contribution in [0.1, 0.15) is 0 Å². The first-order valence-electron chi connectivity index (χ1n) is 6.09. The summed E-state index contributed by atoms with van der Waals surface area (Å²) in [5.74, 6) is 0.667. The number of aliphatic imine (C=N–C) groups is 1. The Balaban J connectivity index is 2.46. The van der Waals surface area contributed by atoms with Gasteiger partial charge in [0.2, 0.25) is 0 Å². The van der Waals surface area contributed by atoms with Gasteiger partial charge in [0, 0.05) is 10.8 Å². The highest BCUT2D eigenvalue weighted by Gasteiger charge is 2.06. The molecule has 0 aliphatic carbocycles. The Kier molecular flexibility index (Phi) is 3.10. The van der Waals surface area contributed by atoms with Crippen LogP contribution in [0.15, 0.2) is 59.6 Å². The van der Waals surface area contributed by atoms with Crippen LogP contribution in [-0.4, -0.2) is 11.7 Å². The summed E-state index contributed by atoms with van der Waals surface area (Å²) < 4.78 is 0. The fraction of sp³-hybridized carbons (Fsp3) is 0.0625. The monoisotopic (exact) mass is 268 g/mol. The number of hydrogen-bond acceptors (Lipinski definition) is 1. The summed E-state index contributed by atoms with van der Waals surface area (Å²) in [7, 11) is 0. The second-order valence-electron chi connectivity index (χ2n) is 4.40. The van der Waals surface area contributed by atoms with E-state index in [9.17, 15) is 0 Å². The van der Waals surface area contributed by atoms with Gasteiger partial charge in [-0.3, -0.25) is 0 Å². The van der Waals surface area contributed by atoms with Gasteiger partial charge in [0.15, 0.2) is 0 Å². The molecule has 0 aliphatic rings. The SMILES string of the molecule is NC(CCl)=Nc1c2ccccc2cc2ccccc12. The van der Waals surface area contributed by atoms with Crippen molar-refractivity contribution >= 4 is 44.7 Å². The Labute approximate surface area is 116 Å². The van der Waals surface area contributed by atoms with E-state index in [-0.39, 0.29) is 5.88 Å². The fourth-order valence-corrected chi connectivity index (χ4v) is 2.34. The van der Waals surface area contributed by atoms with Gasteiger partial charge in [-0.05, 0) is 16.8 Å². The number of rotatable bonds is 2. The van der Waals surface area contributed by atoms with Crippen LogP contribution in [0.4, 0.5) is 5.69 Å². The van der Waals surface area contributed by atoms with E-state index < -0.39 is 0 Å². The third-order valence-corrected chi connectivity index (χ3v) is 3.41. The van der Waals surface area contributed by atoms with Crippen molar-refractivity contribution in [1.82, 2.24) is 0 Å². The standard InChI is InChI=1S/C16H13ClN2/c17-10-15(18)19-16-13-7-3-1-5-11(13)9-12-6-2-4-8-14(12)16/h1-9H,10H2,(H2,18,19). The molecule has 0 aromatic heterocycles. The first-order valence-corrected chi connectivity index (χ1v) is 6.62. The summed E-state index contributed by atoms with van der Waals surface area (Å²) in [5.41, 5.74) is 6.70. The van der Waals surface area contributed by atoms with Gasteiger partial charge in [-0.15, -0.1) is 11.6 Å². The largest absolute Gasteiger partial charge is 0.386 e. The number of fused-ring (bicyclic) bond motifs is 2. The van der Waals surface area contributed by atoms with Crippen LogP contribution in [0.25, 0.3) is 21.5 Å². The second-order valence-corrected chi connectivity index (χ2v) is 4.67. The van der Waals surface area contributed by atoms with Gasteiger partial charge in [-0.25, -0.2) is 4.99 Å². The lowest BCUT2D eigenvalue weighted by Crippen LogP contribution is -2.12. The van der Waals surface area contributed by atoms with Crippen molar-refractivity contribution < 1.29 is 0 Å². The zero-order chi connectivity index (χ0) is 13.2. The maximum Gasteiger partial charge on any atom is 0.115 e. The van der Waals surface area contributed by atoms with Crippen LogP contribution in [0.2, 0.25) is 0 Å². The minimum atomic E-state index is 0.234. The van der Waals surface area contributed by atoms with Crippen LogP contribution in [-0.2, 0) is 0 Å². The molecule has 0 radical (unpaired) electrons. The van der Waals surface area contributed by atoms with Gasteiger partial charge in [0.05, 0.1) is 11.6 Å². The highest BCUT2D eigenvalue weighted by molar-refractivity contribution is 6.28. The molecule has 0 heterocycles. The minimum Gasteiger partial charge on any atom is -0.386 e. The van der Waals surface area contributed by atoms with E-state index in [0.717, 1.165) is 27.2 Å².